The van der Waals surface area contributed by atoms with E-state index in [0.29, 0.717) is 12.1 Å². The number of hydrogen-bond acceptors (Lipinski definition) is 3. The van der Waals surface area contributed by atoms with Gasteiger partial charge in [-0.3, -0.25) is 4.90 Å². The Morgan fingerprint density at radius 1 is 1.00 bits per heavy atom. The predicted molar refractivity (Wildman–Crippen MR) is 58.5 cm³/mol. The molecule has 14 heavy (non-hydrogen) atoms. The number of nitrogens with zero attached hydrogens (tertiary/aromatic N) is 3. The minimum Gasteiger partial charge on any atom is -0.299 e. The molecule has 0 radical (unpaired) electrons. The van der Waals surface area contributed by atoms with Crippen LogP contribution in [0.15, 0.2) is 0 Å². The molecule has 80 valence electrons. The molecule has 0 fully saturated rings. The SMILES string of the molecule is CCN(C(C)C)C(C)C.N#CCC#N. The fraction of sp³-hybridized carbons (Fsp3) is 0.818. The first-order chi connectivity index (χ1) is 6.51. The van der Waals surface area contributed by atoms with Gasteiger partial charge in [-0.25, -0.2) is 0 Å². The summed E-state index contributed by atoms with van der Waals surface area (Å²) < 4.78 is 0. The number of hydrogen-bond donors (Lipinski definition) is 0. The summed E-state index contributed by atoms with van der Waals surface area (Å²) in [6.45, 7) is 12.3. The van der Waals surface area contributed by atoms with Crippen LogP contribution in [-0.2, 0) is 0 Å². The second-order valence-electron chi connectivity index (χ2n) is 3.51. The molecule has 0 unspecified atom stereocenters. The van der Waals surface area contributed by atoms with E-state index in [0.717, 1.165) is 6.54 Å². The van der Waals surface area contributed by atoms with Gasteiger partial charge in [0.25, 0.3) is 0 Å². The molecule has 0 aliphatic heterocycles. The molecule has 0 bridgehead atoms. The zero-order valence-corrected chi connectivity index (χ0v) is 9.91. The zero-order chi connectivity index (χ0) is 11.6. The van der Waals surface area contributed by atoms with Gasteiger partial charge in [0.1, 0.15) is 6.42 Å². The van der Waals surface area contributed by atoms with E-state index in [1.165, 1.54) is 0 Å². The van der Waals surface area contributed by atoms with Crippen LogP contribution < -0.4 is 0 Å². The minimum atomic E-state index is 0. The summed E-state index contributed by atoms with van der Waals surface area (Å²) in [6.07, 6.45) is 0. The molecule has 0 aromatic carbocycles. The van der Waals surface area contributed by atoms with Crippen LogP contribution >= 0.6 is 0 Å². The highest BCUT2D eigenvalue weighted by Gasteiger charge is 2.08. The molecule has 0 atom stereocenters. The summed E-state index contributed by atoms with van der Waals surface area (Å²) in [4.78, 5) is 2.46. The van der Waals surface area contributed by atoms with Gasteiger partial charge < -0.3 is 0 Å². The lowest BCUT2D eigenvalue weighted by Crippen LogP contribution is -2.36. The molecule has 0 aliphatic carbocycles. The quantitative estimate of drug-likeness (QED) is 0.695. The van der Waals surface area contributed by atoms with Gasteiger partial charge >= 0.3 is 0 Å². The molecular weight excluding hydrogens is 174 g/mol. The van der Waals surface area contributed by atoms with E-state index in [1.54, 1.807) is 12.1 Å². The maximum Gasteiger partial charge on any atom is 0.122 e. The van der Waals surface area contributed by atoms with Gasteiger partial charge in [-0.15, -0.1) is 0 Å². The van der Waals surface area contributed by atoms with Crippen molar-refractivity contribution in [2.24, 2.45) is 0 Å². The molecule has 3 nitrogen and oxygen atoms in total. The molecule has 0 saturated carbocycles. The maximum absolute atomic E-state index is 7.59. The molecule has 0 heterocycles. The van der Waals surface area contributed by atoms with Gasteiger partial charge in [-0.2, -0.15) is 10.5 Å². The van der Waals surface area contributed by atoms with E-state index in [4.69, 9.17) is 10.5 Å². The van der Waals surface area contributed by atoms with Gasteiger partial charge in [-0.1, -0.05) is 6.92 Å². The molecule has 0 rings (SSSR count). The Kier molecular flexibility index (Phi) is 11.0. The van der Waals surface area contributed by atoms with Gasteiger partial charge in [0.15, 0.2) is 0 Å². The summed E-state index contributed by atoms with van der Waals surface area (Å²) in [5, 5.41) is 15.2. The van der Waals surface area contributed by atoms with Crippen LogP contribution in [-0.4, -0.2) is 23.5 Å². The molecular formula is C11H21N3. The molecule has 0 aromatic heterocycles. The second kappa shape index (κ2) is 10.0. The van der Waals surface area contributed by atoms with E-state index >= 15 is 0 Å². The largest absolute Gasteiger partial charge is 0.299 e. The average molecular weight is 195 g/mol. The van der Waals surface area contributed by atoms with Crippen LogP contribution in [0, 0.1) is 22.7 Å². The maximum atomic E-state index is 7.59. The van der Waals surface area contributed by atoms with Crippen molar-refractivity contribution in [3.63, 3.8) is 0 Å². The summed E-state index contributed by atoms with van der Waals surface area (Å²) >= 11 is 0. The summed E-state index contributed by atoms with van der Waals surface area (Å²) in [7, 11) is 0. The molecule has 3 heteroatoms. The van der Waals surface area contributed by atoms with Gasteiger partial charge in [-0.05, 0) is 34.2 Å². The lowest BCUT2D eigenvalue weighted by atomic mass is 10.2. The first-order valence-corrected chi connectivity index (χ1v) is 5.00. The lowest BCUT2D eigenvalue weighted by Gasteiger charge is -2.28. The van der Waals surface area contributed by atoms with Crippen molar-refractivity contribution in [2.45, 2.75) is 53.1 Å². The van der Waals surface area contributed by atoms with Crippen LogP contribution in [0.3, 0.4) is 0 Å². The average Bonchev–Trinajstić information content (AvgIpc) is 2.06. The van der Waals surface area contributed by atoms with Crippen molar-refractivity contribution in [3.8, 4) is 12.1 Å². The lowest BCUT2D eigenvalue weighted by molar-refractivity contribution is 0.185. The standard InChI is InChI=1S/C8H19N.C3H2N2/c1-6-9(7(2)3)8(4)5;4-2-1-3-5/h7-8H,6H2,1-5H3;1H2. The Morgan fingerprint density at radius 3 is 1.36 bits per heavy atom. The monoisotopic (exact) mass is 195 g/mol. The van der Waals surface area contributed by atoms with Crippen LogP contribution in [0.25, 0.3) is 0 Å². The van der Waals surface area contributed by atoms with Gasteiger partial charge in [0.2, 0.25) is 0 Å². The third kappa shape index (κ3) is 9.03. The third-order valence-corrected chi connectivity index (χ3v) is 1.85. The van der Waals surface area contributed by atoms with E-state index in [1.807, 2.05) is 0 Å². The van der Waals surface area contributed by atoms with Crippen molar-refractivity contribution < 1.29 is 0 Å². The van der Waals surface area contributed by atoms with Crippen LogP contribution in [0.2, 0.25) is 0 Å². The zero-order valence-electron chi connectivity index (χ0n) is 9.91. The summed E-state index contributed by atoms with van der Waals surface area (Å²) in [5.74, 6) is 0. The molecule has 0 spiro atoms. The highest BCUT2D eigenvalue weighted by atomic mass is 15.2. The fourth-order valence-electron chi connectivity index (χ4n) is 1.36. The van der Waals surface area contributed by atoms with Gasteiger partial charge in [0, 0.05) is 12.1 Å². The van der Waals surface area contributed by atoms with Crippen molar-refractivity contribution in [3.05, 3.63) is 0 Å². The fourth-order valence-corrected chi connectivity index (χ4v) is 1.36. The summed E-state index contributed by atoms with van der Waals surface area (Å²) in [5.41, 5.74) is 0. The minimum absolute atomic E-state index is 0. The third-order valence-electron chi connectivity index (χ3n) is 1.85. The summed E-state index contributed by atoms with van der Waals surface area (Å²) in [6, 6.07) is 4.69. The van der Waals surface area contributed by atoms with E-state index in [2.05, 4.69) is 39.5 Å². The van der Waals surface area contributed by atoms with Crippen LogP contribution in [0.5, 0.6) is 0 Å². The van der Waals surface area contributed by atoms with Gasteiger partial charge in [0.05, 0.1) is 12.1 Å². The Labute approximate surface area is 87.9 Å². The Bertz CT molecular complexity index is 176. The van der Waals surface area contributed by atoms with E-state index in [9.17, 15) is 0 Å². The van der Waals surface area contributed by atoms with Crippen LogP contribution in [0.1, 0.15) is 41.0 Å². The second-order valence-corrected chi connectivity index (χ2v) is 3.51. The predicted octanol–water partition coefficient (Wildman–Crippen LogP) is 2.55. The normalized spacial score (nSPS) is 9.29. The number of nitriles is 2. The highest BCUT2D eigenvalue weighted by molar-refractivity contribution is 4.85. The highest BCUT2D eigenvalue weighted by Crippen LogP contribution is 2.02. The first kappa shape index (κ1) is 15.4. The molecule has 0 aromatic rings. The topological polar surface area (TPSA) is 50.8 Å². The molecule has 0 amide bonds. The Balaban J connectivity index is 0. The van der Waals surface area contributed by atoms with Crippen molar-refractivity contribution in [1.82, 2.24) is 4.90 Å². The van der Waals surface area contributed by atoms with Crippen LogP contribution in [0.4, 0.5) is 0 Å². The van der Waals surface area contributed by atoms with Crippen molar-refractivity contribution >= 4 is 0 Å². The smallest absolute Gasteiger partial charge is 0.122 e. The van der Waals surface area contributed by atoms with E-state index < -0.39 is 0 Å². The Hall–Kier alpha value is -1.06. The molecule has 0 aliphatic rings. The van der Waals surface area contributed by atoms with Crippen molar-refractivity contribution in [1.29, 1.82) is 10.5 Å². The molecule has 0 saturated heterocycles. The van der Waals surface area contributed by atoms with E-state index in [-0.39, 0.29) is 6.42 Å². The molecule has 0 N–H and O–H groups in total. The Morgan fingerprint density at radius 2 is 1.36 bits per heavy atom. The van der Waals surface area contributed by atoms with Crippen molar-refractivity contribution in [2.75, 3.05) is 6.54 Å². The first-order valence-electron chi connectivity index (χ1n) is 5.00. The number of rotatable bonds is 3.